The van der Waals surface area contributed by atoms with Crippen molar-refractivity contribution in [2.24, 2.45) is 5.73 Å². The zero-order valence-corrected chi connectivity index (χ0v) is 26.7. The molecule has 3 rings (SSSR count). The Hall–Kier alpha value is -5.34. The number of hydrogen-bond donors (Lipinski definition) is 8. The van der Waals surface area contributed by atoms with Crippen LogP contribution in [0.3, 0.4) is 0 Å². The lowest BCUT2D eigenvalue weighted by Gasteiger charge is -2.05. The van der Waals surface area contributed by atoms with E-state index in [1.165, 1.54) is 52.7 Å². The van der Waals surface area contributed by atoms with Gasteiger partial charge in [-0.1, -0.05) is 18.2 Å². The van der Waals surface area contributed by atoms with Gasteiger partial charge in [0.05, 0.1) is 47.7 Å². The van der Waals surface area contributed by atoms with Crippen LogP contribution in [0.25, 0.3) is 0 Å². The number of aliphatic carboxylic acids is 1. The summed E-state index contributed by atoms with van der Waals surface area (Å²) in [6.07, 6.45) is 0.250. The minimum atomic E-state index is -4.67. The van der Waals surface area contributed by atoms with Gasteiger partial charge in [0.15, 0.2) is 34.5 Å². The molecule has 0 aliphatic heterocycles. The zero-order valence-electron chi connectivity index (χ0n) is 25.9. The average Bonchev–Trinajstić information content (AvgIpc) is 2.95. The molecular weight excluding hydrogens is 652 g/mol. The summed E-state index contributed by atoms with van der Waals surface area (Å²) < 4.78 is 50.7. The second kappa shape index (κ2) is 23.1. The Kier molecular flexibility index (Phi) is 22.6. The molecule has 0 aromatic heterocycles. The highest BCUT2D eigenvalue weighted by Gasteiger charge is 2.07. The standard InChI is InChI=1S/C10H12O4.C9H11NO3.C9H10O4.H3N.H2O4S.H2O/c1-13-9-5-7(3-4-8(9)11)6-10(12)14-2;1-13-8-4-6(5-9(10)12)2-3-7(8)11;1-13-8-4-6(5-9(11)12)2-3-7(8)10;;1-5(2,3)4;/h3-5,11H,6H2,1-2H3;2-4,11H,5H2,1H3,(H2,10,12);2-4,10H,5H2,1H3,(H,11,12);1H3;(H2,1,2,3,4);1H2. The van der Waals surface area contributed by atoms with Gasteiger partial charge in [-0.3, -0.25) is 23.5 Å². The number of aromatic hydroxyl groups is 3. The van der Waals surface area contributed by atoms with Crippen molar-refractivity contribution >= 4 is 28.2 Å². The van der Waals surface area contributed by atoms with Crippen LogP contribution in [0.5, 0.6) is 34.5 Å². The van der Waals surface area contributed by atoms with Crippen LogP contribution in [0.2, 0.25) is 0 Å². The first-order chi connectivity index (χ1) is 20.9. The van der Waals surface area contributed by atoms with Crippen molar-refractivity contribution in [2.45, 2.75) is 19.3 Å². The van der Waals surface area contributed by atoms with E-state index in [0.29, 0.717) is 22.8 Å². The highest BCUT2D eigenvalue weighted by atomic mass is 32.3. The van der Waals surface area contributed by atoms with E-state index in [2.05, 4.69) is 4.74 Å². The Bertz CT molecular complexity index is 1460. The lowest BCUT2D eigenvalue weighted by Crippen LogP contribution is -2.13. The topological polar surface area (TPSA) is 336 Å². The van der Waals surface area contributed by atoms with Crippen molar-refractivity contribution in [1.29, 1.82) is 0 Å². The number of benzene rings is 3. The number of hydrogen-bond acceptors (Lipinski definition) is 13. The van der Waals surface area contributed by atoms with Crippen molar-refractivity contribution in [3.8, 4) is 34.5 Å². The van der Waals surface area contributed by atoms with E-state index in [9.17, 15) is 29.7 Å². The minimum Gasteiger partial charge on any atom is -0.504 e. The Morgan fingerprint density at radius 2 is 0.957 bits per heavy atom. The molecule has 0 fully saturated rings. The van der Waals surface area contributed by atoms with Gasteiger partial charge in [-0.15, -0.1) is 0 Å². The van der Waals surface area contributed by atoms with Crippen molar-refractivity contribution in [1.82, 2.24) is 6.15 Å². The fourth-order valence-electron chi connectivity index (χ4n) is 3.11. The van der Waals surface area contributed by atoms with Gasteiger partial charge in [-0.25, -0.2) is 0 Å². The van der Waals surface area contributed by atoms with E-state index in [4.69, 9.17) is 42.6 Å². The van der Waals surface area contributed by atoms with Crippen LogP contribution in [0.15, 0.2) is 54.6 Å². The van der Waals surface area contributed by atoms with Gasteiger partial charge in [0.2, 0.25) is 5.91 Å². The number of carboxylic acids is 1. The van der Waals surface area contributed by atoms with E-state index in [-0.39, 0.29) is 54.1 Å². The summed E-state index contributed by atoms with van der Waals surface area (Å²) in [5.74, 6) is -0.532. The number of phenolic OH excluding ortho intramolecular Hbond substituents is 3. The number of phenols is 3. The molecule has 0 saturated carbocycles. The molecule has 0 saturated heterocycles. The maximum absolute atomic E-state index is 10.9. The average molecular weight is 693 g/mol. The lowest BCUT2D eigenvalue weighted by atomic mass is 10.1. The molecule has 0 unspecified atom stereocenters. The molecule has 0 aliphatic rings. The molecular formula is C28H40N2O16S. The van der Waals surface area contributed by atoms with Crippen LogP contribution in [0, 0.1) is 0 Å². The fraction of sp³-hybridized carbons (Fsp3) is 0.250. The number of esters is 1. The second-order valence-corrected chi connectivity index (χ2v) is 9.33. The highest BCUT2D eigenvalue weighted by molar-refractivity contribution is 7.79. The van der Waals surface area contributed by atoms with Crippen molar-refractivity contribution in [3.05, 3.63) is 71.3 Å². The molecule has 13 N–H and O–H groups in total. The smallest absolute Gasteiger partial charge is 0.394 e. The Labute approximate surface area is 270 Å². The van der Waals surface area contributed by atoms with E-state index >= 15 is 0 Å². The molecule has 0 atom stereocenters. The molecule has 47 heavy (non-hydrogen) atoms. The summed E-state index contributed by atoms with van der Waals surface area (Å²) >= 11 is 0. The maximum Gasteiger partial charge on any atom is 0.394 e. The molecule has 0 bridgehead atoms. The van der Waals surface area contributed by atoms with Gasteiger partial charge < -0.3 is 56.7 Å². The molecule has 0 spiro atoms. The van der Waals surface area contributed by atoms with Crippen molar-refractivity contribution in [2.75, 3.05) is 28.4 Å². The summed E-state index contributed by atoms with van der Waals surface area (Å²) in [6, 6.07) is 13.9. The van der Waals surface area contributed by atoms with Gasteiger partial charge in [0, 0.05) is 0 Å². The molecule has 3 aromatic carbocycles. The summed E-state index contributed by atoms with van der Waals surface area (Å²) in [4.78, 5) is 31.9. The maximum atomic E-state index is 10.9. The van der Waals surface area contributed by atoms with Gasteiger partial charge in [0.1, 0.15) is 0 Å². The van der Waals surface area contributed by atoms with Crippen LogP contribution < -0.4 is 26.1 Å². The second-order valence-electron chi connectivity index (χ2n) is 8.43. The van der Waals surface area contributed by atoms with E-state index < -0.39 is 22.3 Å². The molecule has 0 aliphatic carbocycles. The minimum absolute atomic E-state index is 0. The van der Waals surface area contributed by atoms with Crippen LogP contribution in [0.4, 0.5) is 0 Å². The van der Waals surface area contributed by atoms with Crippen LogP contribution in [-0.2, 0) is 48.8 Å². The number of carbonyl (C=O) groups is 3. The Morgan fingerprint density at radius 3 is 1.21 bits per heavy atom. The normalized spacial score (nSPS) is 9.40. The number of primary amides is 1. The summed E-state index contributed by atoms with van der Waals surface area (Å²) in [5, 5.41) is 36.2. The van der Waals surface area contributed by atoms with Gasteiger partial charge in [0.25, 0.3) is 0 Å². The van der Waals surface area contributed by atoms with Gasteiger partial charge in [-0.05, 0) is 53.1 Å². The molecule has 19 heteroatoms. The third-order valence-electron chi connectivity index (χ3n) is 5.04. The van der Waals surface area contributed by atoms with Crippen LogP contribution >= 0.6 is 0 Å². The highest BCUT2D eigenvalue weighted by Crippen LogP contribution is 2.28. The molecule has 0 radical (unpaired) electrons. The van der Waals surface area contributed by atoms with Crippen molar-refractivity contribution < 1.29 is 76.8 Å². The quantitative estimate of drug-likeness (QED) is 0.115. The molecule has 1 amide bonds. The number of ether oxygens (including phenoxy) is 4. The number of rotatable bonds is 9. The third-order valence-corrected chi connectivity index (χ3v) is 5.04. The summed E-state index contributed by atoms with van der Waals surface area (Å²) in [5.41, 5.74) is 7.08. The largest absolute Gasteiger partial charge is 0.504 e. The monoisotopic (exact) mass is 692 g/mol. The molecule has 264 valence electrons. The number of carbonyl (C=O) groups excluding carboxylic acids is 2. The predicted molar refractivity (Wildman–Crippen MR) is 167 cm³/mol. The first-order valence-electron chi connectivity index (χ1n) is 12.3. The SMILES string of the molecule is COC(=O)Cc1ccc(O)c(OC)c1.COc1cc(CC(=O)O)ccc1O.COc1cc(CC(N)=O)ccc1O.N.O.O=S(=O)(O)O. The predicted octanol–water partition coefficient (Wildman–Crippen LogP) is 1.26. The number of nitrogens with two attached hydrogens (primary N) is 1. The third kappa shape index (κ3) is 21.1. The summed E-state index contributed by atoms with van der Waals surface area (Å²) in [7, 11) is 0.986. The number of amides is 1. The van der Waals surface area contributed by atoms with Gasteiger partial charge in [-0.2, -0.15) is 8.42 Å². The first-order valence-corrected chi connectivity index (χ1v) is 13.7. The Morgan fingerprint density at radius 1 is 0.660 bits per heavy atom. The Balaban J connectivity index is -0.000000565. The molecule has 3 aromatic rings. The fourth-order valence-corrected chi connectivity index (χ4v) is 3.11. The molecule has 0 heterocycles. The van der Waals surface area contributed by atoms with E-state index in [0.717, 1.165) is 11.1 Å². The van der Waals surface area contributed by atoms with Crippen molar-refractivity contribution in [3.63, 3.8) is 0 Å². The number of methoxy groups -OCH3 is 4. The molecule has 18 nitrogen and oxygen atoms in total. The van der Waals surface area contributed by atoms with Crippen LogP contribution in [0.1, 0.15) is 16.7 Å². The van der Waals surface area contributed by atoms with E-state index in [1.54, 1.807) is 30.3 Å². The van der Waals surface area contributed by atoms with Crippen LogP contribution in [-0.4, -0.2) is 89.7 Å². The number of carboxylic acid groups (broad SMARTS) is 1. The lowest BCUT2D eigenvalue weighted by molar-refractivity contribution is -0.140. The zero-order chi connectivity index (χ0) is 34.7. The van der Waals surface area contributed by atoms with E-state index in [1.807, 2.05) is 0 Å². The summed E-state index contributed by atoms with van der Waals surface area (Å²) in [6.45, 7) is 0. The first kappa shape index (κ1) is 46.1. The van der Waals surface area contributed by atoms with Gasteiger partial charge >= 0.3 is 22.3 Å².